The summed E-state index contributed by atoms with van der Waals surface area (Å²) >= 11 is 5.94. The number of ether oxygens (including phenoxy) is 1. The maximum Gasteiger partial charge on any atom is 0.272 e. The van der Waals surface area contributed by atoms with Gasteiger partial charge in [-0.25, -0.2) is 4.39 Å². The monoisotopic (exact) mass is 338 g/mol. The number of nitro groups is 1. The Morgan fingerprint density at radius 1 is 1.35 bits per heavy atom. The predicted octanol–water partition coefficient (Wildman–Crippen LogP) is 3.71. The van der Waals surface area contributed by atoms with Crippen LogP contribution >= 0.6 is 11.6 Å². The van der Waals surface area contributed by atoms with Gasteiger partial charge in [-0.15, -0.1) is 0 Å². The first-order chi connectivity index (χ1) is 10.9. The van der Waals surface area contributed by atoms with E-state index >= 15 is 0 Å². The van der Waals surface area contributed by atoms with Crippen LogP contribution in [0.1, 0.15) is 5.56 Å². The first-order valence-corrected chi connectivity index (χ1v) is 6.87. The number of nitro benzene ring substituents is 1. The van der Waals surface area contributed by atoms with Crippen LogP contribution < -0.4 is 10.1 Å². The number of hydrogen-bond acceptors (Lipinski definition) is 4. The highest BCUT2D eigenvalue weighted by atomic mass is 35.5. The van der Waals surface area contributed by atoms with Crippen LogP contribution in [0.2, 0.25) is 5.02 Å². The third-order valence-corrected chi connectivity index (χ3v) is 3.35. The van der Waals surface area contributed by atoms with Gasteiger partial charge in [-0.3, -0.25) is 14.9 Å². The van der Waals surface area contributed by atoms with E-state index in [0.717, 1.165) is 23.8 Å². The Kier molecular flexibility index (Phi) is 5.13. The molecule has 0 saturated carbocycles. The van der Waals surface area contributed by atoms with E-state index in [9.17, 15) is 19.3 Å². The molecule has 1 N–H and O–H groups in total. The average molecular weight is 339 g/mol. The lowest BCUT2D eigenvalue weighted by atomic mass is 10.2. The fraction of sp³-hybridized carbons (Fsp3) is 0.133. The van der Waals surface area contributed by atoms with Gasteiger partial charge in [0.05, 0.1) is 11.0 Å². The van der Waals surface area contributed by atoms with Crippen molar-refractivity contribution in [3.05, 3.63) is 62.9 Å². The molecule has 8 heteroatoms. The highest BCUT2D eigenvalue weighted by molar-refractivity contribution is 6.31. The van der Waals surface area contributed by atoms with E-state index in [-0.39, 0.29) is 5.75 Å². The van der Waals surface area contributed by atoms with E-state index in [2.05, 4.69) is 5.32 Å². The Morgan fingerprint density at radius 2 is 2.09 bits per heavy atom. The Hall–Kier alpha value is -2.67. The van der Waals surface area contributed by atoms with Gasteiger partial charge in [-0.1, -0.05) is 17.7 Å². The number of anilines is 1. The first kappa shape index (κ1) is 16.7. The zero-order chi connectivity index (χ0) is 17.0. The largest absolute Gasteiger partial charge is 0.481 e. The first-order valence-electron chi connectivity index (χ1n) is 6.49. The smallest absolute Gasteiger partial charge is 0.272 e. The lowest BCUT2D eigenvalue weighted by Crippen LogP contribution is -2.20. The molecule has 0 radical (unpaired) electrons. The summed E-state index contributed by atoms with van der Waals surface area (Å²) in [7, 11) is 0. The summed E-state index contributed by atoms with van der Waals surface area (Å²) in [5, 5.41) is 13.6. The van der Waals surface area contributed by atoms with Gasteiger partial charge in [0, 0.05) is 16.8 Å². The number of carbonyl (C=O) groups is 1. The minimum Gasteiger partial charge on any atom is -0.481 e. The number of nitrogens with one attached hydrogen (secondary N) is 1. The van der Waals surface area contributed by atoms with Crippen molar-refractivity contribution in [3.63, 3.8) is 0 Å². The van der Waals surface area contributed by atoms with Crippen LogP contribution in [0.3, 0.4) is 0 Å². The molecular formula is C15H12ClFN2O4. The van der Waals surface area contributed by atoms with Crippen molar-refractivity contribution >= 4 is 28.9 Å². The van der Waals surface area contributed by atoms with E-state index < -0.39 is 28.9 Å². The summed E-state index contributed by atoms with van der Waals surface area (Å²) in [4.78, 5) is 21.5. The number of amides is 1. The zero-order valence-electron chi connectivity index (χ0n) is 12.0. The lowest BCUT2D eigenvalue weighted by molar-refractivity contribution is -0.385. The summed E-state index contributed by atoms with van der Waals surface area (Å²) < 4.78 is 18.6. The summed E-state index contributed by atoms with van der Waals surface area (Å²) in [6, 6.07) is 7.92. The molecule has 2 aromatic rings. The van der Waals surface area contributed by atoms with Crippen LogP contribution in [-0.2, 0) is 4.79 Å². The summed E-state index contributed by atoms with van der Waals surface area (Å²) in [5.41, 5.74) is 0.959. The number of non-ortho nitro benzene ring substituents is 1. The molecular weight excluding hydrogens is 327 g/mol. The molecule has 6 nitrogen and oxygen atoms in total. The normalized spacial score (nSPS) is 10.2. The van der Waals surface area contributed by atoms with Crippen LogP contribution in [0.5, 0.6) is 5.75 Å². The number of halogens is 2. The molecule has 2 aromatic carbocycles. The molecule has 0 aliphatic rings. The Balaban J connectivity index is 1.96. The third-order valence-electron chi connectivity index (χ3n) is 2.94. The van der Waals surface area contributed by atoms with E-state index in [1.807, 2.05) is 6.92 Å². The van der Waals surface area contributed by atoms with E-state index in [4.69, 9.17) is 16.3 Å². The maximum atomic E-state index is 13.6. The molecule has 0 saturated heterocycles. The maximum absolute atomic E-state index is 13.6. The van der Waals surface area contributed by atoms with Crippen LogP contribution in [0.4, 0.5) is 15.8 Å². The van der Waals surface area contributed by atoms with Crippen molar-refractivity contribution in [2.45, 2.75) is 6.92 Å². The number of carbonyl (C=O) groups excluding carboxylic acids is 1. The van der Waals surface area contributed by atoms with Crippen molar-refractivity contribution in [2.24, 2.45) is 0 Å². The second kappa shape index (κ2) is 7.06. The molecule has 0 unspecified atom stereocenters. The second-order valence-electron chi connectivity index (χ2n) is 4.67. The Morgan fingerprint density at radius 3 is 2.70 bits per heavy atom. The molecule has 0 atom stereocenters. The number of hydrogen-bond donors (Lipinski definition) is 1. The molecule has 0 aliphatic carbocycles. The highest BCUT2D eigenvalue weighted by Crippen LogP contribution is 2.23. The van der Waals surface area contributed by atoms with Crippen molar-refractivity contribution in [2.75, 3.05) is 11.9 Å². The van der Waals surface area contributed by atoms with E-state index in [0.29, 0.717) is 10.7 Å². The molecule has 23 heavy (non-hydrogen) atoms. The molecule has 0 spiro atoms. The number of nitrogens with zero attached hydrogens (tertiary/aromatic N) is 1. The molecule has 0 bridgehead atoms. The lowest BCUT2D eigenvalue weighted by Gasteiger charge is -2.09. The van der Waals surface area contributed by atoms with Crippen molar-refractivity contribution < 1.29 is 18.8 Å². The van der Waals surface area contributed by atoms with Gasteiger partial charge >= 0.3 is 0 Å². The van der Waals surface area contributed by atoms with Crippen LogP contribution in [0.25, 0.3) is 0 Å². The van der Waals surface area contributed by atoms with Crippen molar-refractivity contribution in [3.8, 4) is 5.75 Å². The van der Waals surface area contributed by atoms with Crippen molar-refractivity contribution in [1.29, 1.82) is 0 Å². The fourth-order valence-electron chi connectivity index (χ4n) is 1.73. The SMILES string of the molecule is Cc1ccc(NC(=O)COc2ccc([N+](=O)[O-])cc2F)cc1Cl. The Labute approximate surface area is 136 Å². The quantitative estimate of drug-likeness (QED) is 0.665. The second-order valence-corrected chi connectivity index (χ2v) is 5.08. The standard InChI is InChI=1S/C15H12ClFN2O4/c1-9-2-3-10(6-12(9)16)18-15(20)8-23-14-5-4-11(19(21)22)7-13(14)17/h2-7H,8H2,1H3,(H,18,20). The van der Waals surface area contributed by atoms with Crippen LogP contribution in [-0.4, -0.2) is 17.4 Å². The molecule has 2 rings (SSSR count). The molecule has 0 aliphatic heterocycles. The predicted molar refractivity (Wildman–Crippen MR) is 83.4 cm³/mol. The number of rotatable bonds is 5. The van der Waals surface area contributed by atoms with Gasteiger partial charge < -0.3 is 10.1 Å². The van der Waals surface area contributed by atoms with Gasteiger partial charge in [0.2, 0.25) is 0 Å². The van der Waals surface area contributed by atoms with Gasteiger partial charge in [0.25, 0.3) is 11.6 Å². The summed E-state index contributed by atoms with van der Waals surface area (Å²) in [5.74, 6) is -1.67. The van der Waals surface area contributed by atoms with Crippen LogP contribution in [0.15, 0.2) is 36.4 Å². The number of benzene rings is 2. The van der Waals surface area contributed by atoms with Gasteiger partial charge in [-0.2, -0.15) is 0 Å². The van der Waals surface area contributed by atoms with Gasteiger partial charge in [-0.05, 0) is 30.7 Å². The molecule has 120 valence electrons. The van der Waals surface area contributed by atoms with E-state index in [1.54, 1.807) is 18.2 Å². The van der Waals surface area contributed by atoms with Gasteiger partial charge in [0.1, 0.15) is 0 Å². The average Bonchev–Trinajstić information content (AvgIpc) is 2.49. The topological polar surface area (TPSA) is 81.5 Å². The molecule has 0 heterocycles. The zero-order valence-corrected chi connectivity index (χ0v) is 12.8. The number of aryl methyl sites for hydroxylation is 1. The summed E-state index contributed by atoms with van der Waals surface area (Å²) in [6.07, 6.45) is 0. The minimum atomic E-state index is -0.912. The van der Waals surface area contributed by atoms with E-state index in [1.165, 1.54) is 0 Å². The molecule has 1 amide bonds. The third kappa shape index (κ3) is 4.40. The highest BCUT2D eigenvalue weighted by Gasteiger charge is 2.13. The Bertz CT molecular complexity index is 767. The van der Waals surface area contributed by atoms with Crippen LogP contribution in [0, 0.1) is 22.9 Å². The molecule has 0 fully saturated rings. The van der Waals surface area contributed by atoms with Gasteiger partial charge in [0.15, 0.2) is 18.2 Å². The fourth-order valence-corrected chi connectivity index (χ4v) is 1.91. The minimum absolute atomic E-state index is 0.243. The molecule has 0 aromatic heterocycles. The summed E-state index contributed by atoms with van der Waals surface area (Å²) in [6.45, 7) is 1.38. The van der Waals surface area contributed by atoms with Crippen molar-refractivity contribution in [1.82, 2.24) is 0 Å².